The molecule has 1 aromatic carbocycles. The molecule has 0 fully saturated rings. The van der Waals surface area contributed by atoms with Crippen LogP contribution in [0.1, 0.15) is 10.5 Å². The molecule has 5 nitrogen and oxygen atoms in total. The first-order valence-electron chi connectivity index (χ1n) is 5.22. The van der Waals surface area contributed by atoms with Gasteiger partial charge in [0.25, 0.3) is 0 Å². The summed E-state index contributed by atoms with van der Waals surface area (Å²) in [6.07, 6.45) is 2.78. The molecule has 0 saturated carbocycles. The summed E-state index contributed by atoms with van der Waals surface area (Å²) >= 11 is 9.30. The molecule has 0 amide bonds. The van der Waals surface area contributed by atoms with Gasteiger partial charge in [0.05, 0.1) is 25.2 Å². The summed E-state index contributed by atoms with van der Waals surface area (Å²) in [4.78, 5) is 19.2. The van der Waals surface area contributed by atoms with Crippen LogP contribution in [-0.4, -0.2) is 23.0 Å². The van der Waals surface area contributed by atoms with Crippen LogP contribution < -0.4 is 5.32 Å². The molecule has 0 unspecified atom stereocenters. The van der Waals surface area contributed by atoms with Gasteiger partial charge in [-0.25, -0.2) is 14.8 Å². The van der Waals surface area contributed by atoms with Crippen LogP contribution in [0.25, 0.3) is 0 Å². The minimum absolute atomic E-state index is 0.151. The van der Waals surface area contributed by atoms with Crippen molar-refractivity contribution in [2.24, 2.45) is 0 Å². The zero-order valence-corrected chi connectivity index (χ0v) is 12.2. The molecule has 19 heavy (non-hydrogen) atoms. The molecule has 0 bridgehead atoms. The molecule has 0 radical (unpaired) electrons. The van der Waals surface area contributed by atoms with Crippen molar-refractivity contribution < 1.29 is 9.53 Å². The summed E-state index contributed by atoms with van der Waals surface area (Å²) < 4.78 is 5.39. The molecule has 1 N–H and O–H groups in total. The van der Waals surface area contributed by atoms with Gasteiger partial charge in [-0.2, -0.15) is 0 Å². The highest BCUT2D eigenvalue weighted by molar-refractivity contribution is 9.10. The van der Waals surface area contributed by atoms with Gasteiger partial charge in [-0.05, 0) is 34.1 Å². The maximum atomic E-state index is 11.2. The lowest BCUT2D eigenvalue weighted by molar-refractivity contribution is 0.0593. The normalized spacial score (nSPS) is 10.1. The van der Waals surface area contributed by atoms with E-state index >= 15 is 0 Å². The van der Waals surface area contributed by atoms with Crippen LogP contribution in [0.5, 0.6) is 0 Å². The van der Waals surface area contributed by atoms with Gasteiger partial charge in [0.15, 0.2) is 5.69 Å². The molecule has 98 valence electrons. The van der Waals surface area contributed by atoms with Crippen molar-refractivity contribution in [3.05, 3.63) is 45.8 Å². The number of ether oxygens (including phenoxy) is 1. The molecule has 1 aromatic heterocycles. The zero-order valence-electron chi connectivity index (χ0n) is 9.85. The van der Waals surface area contributed by atoms with Gasteiger partial charge >= 0.3 is 5.97 Å². The minimum atomic E-state index is -0.525. The first-order chi connectivity index (χ1) is 9.10. The highest BCUT2D eigenvalue weighted by Crippen LogP contribution is 2.27. The fraction of sp³-hybridized carbons (Fsp3) is 0.0833. The molecule has 0 aliphatic carbocycles. The number of esters is 1. The summed E-state index contributed by atoms with van der Waals surface area (Å²) in [5.41, 5.74) is 0.908. The molecule has 0 aliphatic rings. The lowest BCUT2D eigenvalue weighted by Gasteiger charge is -2.08. The third-order valence-corrected chi connectivity index (χ3v) is 3.16. The Hall–Kier alpha value is -1.66. The van der Waals surface area contributed by atoms with Crippen molar-refractivity contribution >= 4 is 45.0 Å². The average molecular weight is 343 g/mol. The topological polar surface area (TPSA) is 64.1 Å². The van der Waals surface area contributed by atoms with Crippen molar-refractivity contribution in [1.82, 2.24) is 9.97 Å². The number of benzene rings is 1. The second kappa shape index (κ2) is 5.99. The summed E-state index contributed by atoms with van der Waals surface area (Å²) in [6.45, 7) is 0. The van der Waals surface area contributed by atoms with Crippen LogP contribution in [0, 0.1) is 0 Å². The highest BCUT2D eigenvalue weighted by atomic mass is 79.9. The van der Waals surface area contributed by atoms with Crippen molar-refractivity contribution in [1.29, 1.82) is 0 Å². The molecule has 2 aromatic rings. The summed E-state index contributed by atoms with van der Waals surface area (Å²) in [5, 5.41) is 3.64. The highest BCUT2D eigenvalue weighted by Gasteiger charge is 2.08. The van der Waals surface area contributed by atoms with Gasteiger partial charge in [0.2, 0.25) is 0 Å². The van der Waals surface area contributed by atoms with Gasteiger partial charge < -0.3 is 10.1 Å². The quantitative estimate of drug-likeness (QED) is 0.866. The second-order valence-corrected chi connectivity index (χ2v) is 4.82. The number of rotatable bonds is 3. The Morgan fingerprint density at radius 3 is 2.79 bits per heavy atom. The monoisotopic (exact) mass is 341 g/mol. The number of carbonyl (C=O) groups excluding carboxylic acids is 1. The number of methoxy groups -OCH3 is 1. The summed E-state index contributed by atoms with van der Waals surface area (Å²) in [6, 6.07) is 5.34. The van der Waals surface area contributed by atoms with Crippen LogP contribution in [-0.2, 0) is 4.74 Å². The maximum absolute atomic E-state index is 11.2. The van der Waals surface area contributed by atoms with Gasteiger partial charge in [-0.1, -0.05) is 11.6 Å². The van der Waals surface area contributed by atoms with E-state index in [0.717, 1.165) is 10.2 Å². The average Bonchev–Trinajstić information content (AvgIpc) is 2.43. The van der Waals surface area contributed by atoms with E-state index in [1.54, 1.807) is 12.1 Å². The van der Waals surface area contributed by atoms with Crippen molar-refractivity contribution in [3.8, 4) is 0 Å². The van der Waals surface area contributed by atoms with E-state index in [2.05, 4.69) is 36.0 Å². The largest absolute Gasteiger partial charge is 0.464 e. The third kappa shape index (κ3) is 3.42. The Kier molecular flexibility index (Phi) is 4.34. The van der Waals surface area contributed by atoms with Crippen LogP contribution in [0.2, 0.25) is 5.02 Å². The molecule has 0 spiro atoms. The Morgan fingerprint density at radius 2 is 2.16 bits per heavy atom. The number of anilines is 2. The number of carbonyl (C=O) groups is 1. The standard InChI is InChI=1S/C12H9BrClN3O2/c1-19-12(18)10-5-16-11(6-15-10)17-9-4-7(14)2-3-8(9)13/h2-6H,1H3,(H,16,17). The lowest BCUT2D eigenvalue weighted by atomic mass is 10.3. The van der Waals surface area contributed by atoms with Crippen LogP contribution in [0.4, 0.5) is 11.5 Å². The smallest absolute Gasteiger partial charge is 0.358 e. The first kappa shape index (κ1) is 13.8. The predicted molar refractivity (Wildman–Crippen MR) is 75.8 cm³/mol. The Morgan fingerprint density at radius 1 is 1.37 bits per heavy atom. The van der Waals surface area contributed by atoms with Gasteiger partial charge in [0, 0.05) is 9.50 Å². The SMILES string of the molecule is COC(=O)c1cnc(Nc2cc(Cl)ccc2Br)cn1. The summed E-state index contributed by atoms with van der Waals surface area (Å²) in [5.74, 6) is -0.0291. The number of nitrogens with one attached hydrogen (secondary N) is 1. The Labute approximate surface area is 123 Å². The number of aromatic nitrogens is 2. The van der Waals surface area contributed by atoms with Crippen molar-refractivity contribution in [3.63, 3.8) is 0 Å². The number of hydrogen-bond acceptors (Lipinski definition) is 5. The summed E-state index contributed by atoms with van der Waals surface area (Å²) in [7, 11) is 1.29. The molecule has 1 heterocycles. The van der Waals surface area contributed by atoms with Gasteiger partial charge in [-0.3, -0.25) is 0 Å². The van der Waals surface area contributed by atoms with Crippen LogP contribution in [0.15, 0.2) is 35.1 Å². The predicted octanol–water partition coefficient (Wildman–Crippen LogP) is 3.42. The number of nitrogens with zero attached hydrogens (tertiary/aromatic N) is 2. The molecule has 2 rings (SSSR count). The zero-order chi connectivity index (χ0) is 13.8. The Balaban J connectivity index is 2.19. The second-order valence-electron chi connectivity index (χ2n) is 3.53. The molecular weight excluding hydrogens is 334 g/mol. The van der Waals surface area contributed by atoms with E-state index in [0.29, 0.717) is 10.8 Å². The van der Waals surface area contributed by atoms with E-state index < -0.39 is 5.97 Å². The Bertz CT molecular complexity index is 604. The molecule has 0 saturated heterocycles. The molecule has 0 aliphatic heterocycles. The van der Waals surface area contributed by atoms with E-state index in [-0.39, 0.29) is 5.69 Å². The number of hydrogen-bond donors (Lipinski definition) is 1. The van der Waals surface area contributed by atoms with E-state index in [9.17, 15) is 4.79 Å². The van der Waals surface area contributed by atoms with Crippen LogP contribution >= 0.6 is 27.5 Å². The molecular formula is C12H9BrClN3O2. The molecule has 0 atom stereocenters. The minimum Gasteiger partial charge on any atom is -0.464 e. The first-order valence-corrected chi connectivity index (χ1v) is 6.39. The van der Waals surface area contributed by atoms with E-state index in [4.69, 9.17) is 11.6 Å². The van der Waals surface area contributed by atoms with E-state index in [1.807, 2.05) is 6.07 Å². The molecule has 7 heteroatoms. The third-order valence-electron chi connectivity index (χ3n) is 2.24. The van der Waals surface area contributed by atoms with Crippen LogP contribution in [0.3, 0.4) is 0 Å². The fourth-order valence-electron chi connectivity index (χ4n) is 1.33. The van der Waals surface area contributed by atoms with E-state index in [1.165, 1.54) is 19.5 Å². The maximum Gasteiger partial charge on any atom is 0.358 e. The van der Waals surface area contributed by atoms with Crippen molar-refractivity contribution in [2.45, 2.75) is 0 Å². The van der Waals surface area contributed by atoms with Gasteiger partial charge in [0.1, 0.15) is 5.82 Å². The van der Waals surface area contributed by atoms with Gasteiger partial charge in [-0.15, -0.1) is 0 Å². The fourth-order valence-corrected chi connectivity index (χ4v) is 1.85. The number of halogens is 2. The van der Waals surface area contributed by atoms with Crippen molar-refractivity contribution in [2.75, 3.05) is 12.4 Å². The lowest BCUT2D eigenvalue weighted by Crippen LogP contribution is -2.05.